The number of anilines is 2. The number of nitrogens with one attached hydrogen (secondary N) is 1. The number of hydrogen-bond donors (Lipinski definition) is 1. The lowest BCUT2D eigenvalue weighted by molar-refractivity contribution is -0.384. The lowest BCUT2D eigenvalue weighted by Crippen LogP contribution is -2.39. The standard InChI is InChI=1S/C24H24N6O6S/c31-24(18-29(21-5-4-10-25-17-21)37(34,35)22-6-2-1-3-7-22)27-26-16-19-15-20(30(32)33)8-9-23(19)28-11-13-36-14-12-28/h1-10,15-17H,11-14,18H2,(H,27,31)/b26-16-. The topological polar surface area (TPSA) is 147 Å². The lowest BCUT2D eigenvalue weighted by atomic mass is 10.1. The molecule has 0 radical (unpaired) electrons. The molecule has 0 unspecified atom stereocenters. The number of amides is 1. The average Bonchev–Trinajstić information content (AvgIpc) is 2.93. The fourth-order valence-electron chi connectivity index (χ4n) is 3.73. The zero-order valence-electron chi connectivity index (χ0n) is 19.6. The summed E-state index contributed by atoms with van der Waals surface area (Å²) in [6.07, 6.45) is 4.14. The van der Waals surface area contributed by atoms with Gasteiger partial charge in [0.25, 0.3) is 21.6 Å². The molecule has 13 heteroatoms. The number of ether oxygens (including phenoxy) is 1. The first-order valence-electron chi connectivity index (χ1n) is 11.3. The molecule has 2 aromatic carbocycles. The van der Waals surface area contributed by atoms with Crippen LogP contribution in [0.1, 0.15) is 5.56 Å². The Morgan fingerprint density at radius 3 is 2.59 bits per heavy atom. The first-order chi connectivity index (χ1) is 17.9. The Morgan fingerprint density at radius 1 is 1.16 bits per heavy atom. The highest BCUT2D eigenvalue weighted by Crippen LogP contribution is 2.25. The summed E-state index contributed by atoms with van der Waals surface area (Å²) in [5.74, 6) is -0.710. The van der Waals surface area contributed by atoms with Gasteiger partial charge in [0.05, 0.1) is 41.1 Å². The van der Waals surface area contributed by atoms with E-state index in [1.807, 2.05) is 4.90 Å². The van der Waals surface area contributed by atoms with Crippen molar-refractivity contribution in [2.45, 2.75) is 4.90 Å². The molecule has 12 nitrogen and oxygen atoms in total. The minimum atomic E-state index is -4.08. The van der Waals surface area contributed by atoms with Gasteiger partial charge in [-0.3, -0.25) is 24.2 Å². The van der Waals surface area contributed by atoms with Gasteiger partial charge in [0.1, 0.15) is 6.54 Å². The fraction of sp³-hybridized carbons (Fsp3) is 0.208. The highest BCUT2D eigenvalue weighted by molar-refractivity contribution is 7.92. The number of carbonyl (C=O) groups excluding carboxylic acids is 1. The van der Waals surface area contributed by atoms with Crippen LogP contribution in [0.2, 0.25) is 0 Å². The number of aromatic nitrogens is 1. The number of non-ortho nitro benzene ring substituents is 1. The molecule has 192 valence electrons. The molecule has 1 saturated heterocycles. The molecule has 0 spiro atoms. The van der Waals surface area contributed by atoms with Crippen molar-refractivity contribution in [1.82, 2.24) is 10.4 Å². The van der Waals surface area contributed by atoms with Crippen molar-refractivity contribution in [3.05, 3.63) is 88.7 Å². The normalized spacial score (nSPS) is 13.9. The van der Waals surface area contributed by atoms with Gasteiger partial charge in [0, 0.05) is 42.7 Å². The van der Waals surface area contributed by atoms with Gasteiger partial charge < -0.3 is 9.64 Å². The van der Waals surface area contributed by atoms with Gasteiger partial charge in [-0.25, -0.2) is 13.8 Å². The second-order valence-electron chi connectivity index (χ2n) is 7.93. The molecular weight excluding hydrogens is 500 g/mol. The van der Waals surface area contributed by atoms with Crippen LogP contribution in [0.15, 0.2) is 83.1 Å². The van der Waals surface area contributed by atoms with Gasteiger partial charge in [-0.1, -0.05) is 18.2 Å². The van der Waals surface area contributed by atoms with Gasteiger partial charge >= 0.3 is 0 Å². The summed E-state index contributed by atoms with van der Waals surface area (Å²) in [5.41, 5.74) is 3.54. The molecule has 4 rings (SSSR count). The van der Waals surface area contributed by atoms with E-state index >= 15 is 0 Å². The molecule has 0 atom stereocenters. The predicted molar refractivity (Wildman–Crippen MR) is 137 cm³/mol. The first kappa shape index (κ1) is 25.7. The van der Waals surface area contributed by atoms with Crippen LogP contribution in [-0.2, 0) is 19.6 Å². The Labute approximate surface area is 213 Å². The van der Waals surface area contributed by atoms with Crippen molar-refractivity contribution < 1.29 is 22.9 Å². The number of hydrogen-bond acceptors (Lipinski definition) is 9. The highest BCUT2D eigenvalue weighted by Gasteiger charge is 2.27. The van der Waals surface area contributed by atoms with Crippen molar-refractivity contribution in [3.63, 3.8) is 0 Å². The quantitative estimate of drug-likeness (QED) is 0.254. The van der Waals surface area contributed by atoms with Crippen molar-refractivity contribution in [2.24, 2.45) is 5.10 Å². The van der Waals surface area contributed by atoms with E-state index in [2.05, 4.69) is 15.5 Å². The number of morpholine rings is 1. The Kier molecular flexibility index (Phi) is 8.05. The number of benzene rings is 2. The highest BCUT2D eigenvalue weighted by atomic mass is 32.2. The van der Waals surface area contributed by atoms with Crippen LogP contribution >= 0.6 is 0 Å². The van der Waals surface area contributed by atoms with Crippen molar-refractivity contribution >= 4 is 39.2 Å². The van der Waals surface area contributed by atoms with Gasteiger partial charge in [-0.15, -0.1) is 0 Å². The molecule has 0 bridgehead atoms. The molecule has 1 amide bonds. The summed E-state index contributed by atoms with van der Waals surface area (Å²) in [7, 11) is -4.08. The maximum absolute atomic E-state index is 13.3. The van der Waals surface area contributed by atoms with Crippen LogP contribution in [0, 0.1) is 10.1 Å². The van der Waals surface area contributed by atoms with Crippen LogP contribution in [0.25, 0.3) is 0 Å². The monoisotopic (exact) mass is 524 g/mol. The second kappa shape index (κ2) is 11.6. The van der Waals surface area contributed by atoms with Crippen LogP contribution in [0.5, 0.6) is 0 Å². The lowest BCUT2D eigenvalue weighted by Gasteiger charge is -2.29. The maximum Gasteiger partial charge on any atom is 0.270 e. The summed E-state index contributed by atoms with van der Waals surface area (Å²) in [4.78, 5) is 29.5. The molecule has 0 saturated carbocycles. The number of nitro groups is 1. The Hall–Kier alpha value is -4.36. The number of pyridine rings is 1. The van der Waals surface area contributed by atoms with E-state index in [1.165, 1.54) is 48.9 Å². The molecule has 1 aromatic heterocycles. The first-order valence-corrected chi connectivity index (χ1v) is 12.7. The fourth-order valence-corrected chi connectivity index (χ4v) is 5.16. The van der Waals surface area contributed by atoms with Crippen LogP contribution in [-0.4, -0.2) is 63.3 Å². The second-order valence-corrected chi connectivity index (χ2v) is 9.79. The van der Waals surface area contributed by atoms with Gasteiger partial charge in [0.15, 0.2) is 0 Å². The zero-order valence-corrected chi connectivity index (χ0v) is 20.5. The third-order valence-electron chi connectivity index (χ3n) is 5.52. The van der Waals surface area contributed by atoms with E-state index in [0.717, 1.165) is 4.31 Å². The Morgan fingerprint density at radius 2 is 1.92 bits per heavy atom. The SMILES string of the molecule is O=C(CN(c1cccnc1)S(=O)(=O)c1ccccc1)N/N=C\c1cc([N+](=O)[O-])ccc1N1CCOCC1. The minimum absolute atomic E-state index is 0.0157. The predicted octanol–water partition coefficient (Wildman–Crippen LogP) is 2.17. The van der Waals surface area contributed by atoms with Crippen molar-refractivity contribution in [3.8, 4) is 0 Å². The smallest absolute Gasteiger partial charge is 0.270 e. The van der Waals surface area contributed by atoms with E-state index in [9.17, 15) is 23.3 Å². The average molecular weight is 525 g/mol. The van der Waals surface area contributed by atoms with E-state index in [-0.39, 0.29) is 16.3 Å². The van der Waals surface area contributed by atoms with Crippen LogP contribution in [0.3, 0.4) is 0 Å². The number of rotatable bonds is 9. The molecule has 1 fully saturated rings. The number of carbonyl (C=O) groups is 1. The van der Waals surface area contributed by atoms with Crippen molar-refractivity contribution in [1.29, 1.82) is 0 Å². The van der Waals surface area contributed by atoms with Gasteiger partial charge in [-0.2, -0.15) is 5.10 Å². The third-order valence-corrected chi connectivity index (χ3v) is 7.31. The van der Waals surface area contributed by atoms with Gasteiger partial charge in [0.2, 0.25) is 0 Å². The summed E-state index contributed by atoms with van der Waals surface area (Å²) in [6.45, 7) is 1.67. The molecule has 1 aliphatic rings. The largest absolute Gasteiger partial charge is 0.378 e. The number of sulfonamides is 1. The van der Waals surface area contributed by atoms with Crippen molar-refractivity contribution in [2.75, 3.05) is 42.1 Å². The zero-order chi connectivity index (χ0) is 26.3. The molecule has 3 aromatic rings. The summed E-state index contributed by atoms with van der Waals surface area (Å²) in [5, 5.41) is 15.2. The Bertz CT molecular complexity index is 1380. The van der Waals surface area contributed by atoms with E-state index in [4.69, 9.17) is 4.74 Å². The van der Waals surface area contributed by atoms with Crippen LogP contribution in [0.4, 0.5) is 17.1 Å². The molecule has 0 aliphatic carbocycles. The third kappa shape index (κ3) is 6.26. The number of nitro benzene ring substituents is 1. The molecule has 1 aliphatic heterocycles. The molecular formula is C24H24N6O6S. The summed E-state index contributed by atoms with van der Waals surface area (Å²) < 4.78 is 32.9. The van der Waals surface area contributed by atoms with E-state index in [0.29, 0.717) is 37.6 Å². The maximum atomic E-state index is 13.3. The molecule has 1 N–H and O–H groups in total. The minimum Gasteiger partial charge on any atom is -0.378 e. The number of nitrogens with zero attached hydrogens (tertiary/aromatic N) is 5. The number of hydrazone groups is 1. The van der Waals surface area contributed by atoms with E-state index < -0.39 is 27.4 Å². The Balaban J connectivity index is 1.55. The summed E-state index contributed by atoms with van der Waals surface area (Å²) >= 11 is 0. The van der Waals surface area contributed by atoms with E-state index in [1.54, 1.807) is 30.3 Å². The molecule has 37 heavy (non-hydrogen) atoms. The van der Waals surface area contributed by atoms with Crippen LogP contribution < -0.4 is 14.6 Å². The molecule has 2 heterocycles. The van der Waals surface area contributed by atoms with Gasteiger partial charge in [-0.05, 0) is 30.3 Å². The summed E-state index contributed by atoms with van der Waals surface area (Å²) in [6, 6.07) is 15.2.